The number of benzene rings is 1. The van der Waals surface area contributed by atoms with Gasteiger partial charge in [0.25, 0.3) is 5.56 Å². The minimum absolute atomic E-state index is 0.0695. The normalized spacial score (nSPS) is 20.5. The maximum Gasteiger partial charge on any atom is 0.260 e. The summed E-state index contributed by atoms with van der Waals surface area (Å²) in [4.78, 5) is 23.2. The first-order valence-electron chi connectivity index (χ1n) is 11.9. The topological polar surface area (TPSA) is 74.8 Å². The van der Waals surface area contributed by atoms with E-state index in [1.165, 1.54) is 16.7 Å². The Morgan fingerprint density at radius 2 is 1.91 bits per heavy atom. The molecule has 0 spiro atoms. The van der Waals surface area contributed by atoms with E-state index in [4.69, 9.17) is 21.3 Å². The summed E-state index contributed by atoms with van der Waals surface area (Å²) in [5.41, 5.74) is 3.77. The van der Waals surface area contributed by atoms with Crippen molar-refractivity contribution in [2.75, 3.05) is 6.61 Å². The van der Waals surface area contributed by atoms with Crippen LogP contribution in [0.2, 0.25) is 5.02 Å². The molecule has 2 fully saturated rings. The molecular formula is C26H25ClFN5O2. The fourth-order valence-corrected chi connectivity index (χ4v) is 5.01. The van der Waals surface area contributed by atoms with E-state index in [2.05, 4.69) is 16.3 Å². The van der Waals surface area contributed by atoms with Gasteiger partial charge in [0.1, 0.15) is 11.3 Å². The van der Waals surface area contributed by atoms with Crippen LogP contribution in [0.3, 0.4) is 0 Å². The van der Waals surface area contributed by atoms with Gasteiger partial charge in [0.15, 0.2) is 5.65 Å². The zero-order valence-corrected chi connectivity index (χ0v) is 20.3. The fraction of sp³-hybridized carbons (Fsp3) is 0.385. The van der Waals surface area contributed by atoms with Crippen LogP contribution in [0.1, 0.15) is 66.3 Å². The smallest absolute Gasteiger partial charge is 0.260 e. The third-order valence-electron chi connectivity index (χ3n) is 7.06. The highest BCUT2D eigenvalue weighted by Crippen LogP contribution is 2.39. The van der Waals surface area contributed by atoms with Crippen LogP contribution in [0.4, 0.5) is 4.39 Å². The number of rotatable bonds is 4. The molecule has 3 aromatic heterocycles. The largest absolute Gasteiger partial charge is 0.373 e. The van der Waals surface area contributed by atoms with Gasteiger partial charge in [-0.25, -0.2) is 14.4 Å². The number of fused-ring (bicyclic) bond motifs is 1. The summed E-state index contributed by atoms with van der Waals surface area (Å²) in [7, 11) is 0. The molecule has 0 bridgehead atoms. The zero-order valence-electron chi connectivity index (χ0n) is 19.5. The van der Waals surface area contributed by atoms with Crippen molar-refractivity contribution in [1.29, 1.82) is 0 Å². The highest BCUT2D eigenvalue weighted by molar-refractivity contribution is 6.30. The molecule has 0 N–H and O–H groups in total. The summed E-state index contributed by atoms with van der Waals surface area (Å²) in [5.74, 6) is -0.657. The van der Waals surface area contributed by atoms with E-state index in [1.807, 2.05) is 30.8 Å². The van der Waals surface area contributed by atoms with Crippen LogP contribution < -0.4 is 5.56 Å². The van der Waals surface area contributed by atoms with Gasteiger partial charge in [0.2, 0.25) is 0 Å². The van der Waals surface area contributed by atoms with Crippen LogP contribution >= 0.6 is 11.6 Å². The Labute approximate surface area is 206 Å². The van der Waals surface area contributed by atoms with Crippen LogP contribution in [0.15, 0.2) is 41.5 Å². The predicted octanol–water partition coefficient (Wildman–Crippen LogP) is 5.36. The monoisotopic (exact) mass is 493 g/mol. The Morgan fingerprint density at radius 3 is 2.69 bits per heavy atom. The van der Waals surface area contributed by atoms with Crippen molar-refractivity contribution in [3.63, 3.8) is 0 Å². The molecule has 6 rings (SSSR count). The van der Waals surface area contributed by atoms with E-state index >= 15 is 4.39 Å². The second-order valence-electron chi connectivity index (χ2n) is 9.50. The van der Waals surface area contributed by atoms with Gasteiger partial charge in [0, 0.05) is 29.0 Å². The lowest BCUT2D eigenvalue weighted by Gasteiger charge is -2.29. The Morgan fingerprint density at radius 1 is 1.11 bits per heavy atom. The Balaban J connectivity index is 1.46. The summed E-state index contributed by atoms with van der Waals surface area (Å²) in [6.07, 6.45) is 7.42. The molecule has 4 aromatic rings. The molecule has 9 heteroatoms. The first-order chi connectivity index (χ1) is 16.9. The van der Waals surface area contributed by atoms with Crippen molar-refractivity contribution in [3.8, 4) is 5.69 Å². The molecule has 1 saturated heterocycles. The summed E-state index contributed by atoms with van der Waals surface area (Å²) in [5, 5.41) is 4.76. The number of hydrogen-bond donors (Lipinski definition) is 0. The standard InChI is InChI=1S/C26H25ClFN5O2/c1-14-15(2)31-25-22(30-14)11-20(26(34)33(25)23-6-3-18(27)10-21(23)28)16-7-8-35-24(9-16)17-12-29-32(13-17)19-4-5-19/h3,6,10-13,16,19,24H,4-5,7-9H2,1-2H3/t16-,24+/m0/s1. The summed E-state index contributed by atoms with van der Waals surface area (Å²) in [6, 6.07) is 6.61. The number of pyridine rings is 1. The second kappa shape index (κ2) is 8.53. The molecule has 35 heavy (non-hydrogen) atoms. The molecular weight excluding hydrogens is 469 g/mol. The number of aromatic nitrogens is 5. The lowest BCUT2D eigenvalue weighted by atomic mass is 9.87. The highest BCUT2D eigenvalue weighted by Gasteiger charge is 2.31. The number of aryl methyl sites for hydroxylation is 2. The van der Waals surface area contributed by atoms with Crippen molar-refractivity contribution in [2.24, 2.45) is 0 Å². The quantitative estimate of drug-likeness (QED) is 0.383. The Bertz CT molecular complexity index is 1510. The number of nitrogens with zero attached hydrogens (tertiary/aromatic N) is 5. The van der Waals surface area contributed by atoms with Gasteiger partial charge in [-0.05, 0) is 69.7 Å². The first kappa shape index (κ1) is 22.4. The number of hydrogen-bond acceptors (Lipinski definition) is 5. The molecule has 1 saturated carbocycles. The lowest BCUT2D eigenvalue weighted by Crippen LogP contribution is -2.29. The van der Waals surface area contributed by atoms with E-state index < -0.39 is 5.82 Å². The molecule has 1 aliphatic heterocycles. The molecule has 7 nitrogen and oxygen atoms in total. The van der Waals surface area contributed by atoms with Gasteiger partial charge >= 0.3 is 0 Å². The minimum atomic E-state index is -0.588. The molecule has 2 aliphatic rings. The van der Waals surface area contributed by atoms with Crippen LogP contribution in [0.25, 0.3) is 16.9 Å². The van der Waals surface area contributed by atoms with Crippen molar-refractivity contribution in [1.82, 2.24) is 24.3 Å². The zero-order chi connectivity index (χ0) is 24.3. The van der Waals surface area contributed by atoms with Gasteiger partial charge in [-0.3, -0.25) is 14.0 Å². The molecule has 1 aromatic carbocycles. The molecule has 0 amide bonds. The van der Waals surface area contributed by atoms with Crippen LogP contribution in [0, 0.1) is 19.7 Å². The SMILES string of the molecule is Cc1nc2cc([C@H]3CCO[C@@H](c4cnn(C5CC5)c4)C3)c(=O)n(-c3ccc(Cl)cc3F)c2nc1C. The molecule has 1 aliphatic carbocycles. The molecule has 0 radical (unpaired) electrons. The van der Waals surface area contributed by atoms with Crippen molar-refractivity contribution in [2.45, 2.75) is 57.6 Å². The van der Waals surface area contributed by atoms with Crippen LogP contribution in [-0.2, 0) is 4.74 Å². The first-order valence-corrected chi connectivity index (χ1v) is 12.3. The minimum Gasteiger partial charge on any atom is -0.373 e. The molecule has 4 heterocycles. The summed E-state index contributed by atoms with van der Waals surface area (Å²) >= 11 is 5.98. The maximum atomic E-state index is 15.0. The average Bonchev–Trinajstić information content (AvgIpc) is 3.57. The Hall–Kier alpha value is -3.10. The number of halogens is 2. The van der Waals surface area contributed by atoms with E-state index in [1.54, 1.807) is 6.07 Å². The maximum absolute atomic E-state index is 15.0. The summed E-state index contributed by atoms with van der Waals surface area (Å²) in [6.45, 7) is 4.23. The van der Waals surface area contributed by atoms with E-state index in [0.29, 0.717) is 47.9 Å². The predicted molar refractivity (Wildman–Crippen MR) is 131 cm³/mol. The van der Waals surface area contributed by atoms with Gasteiger partial charge in [-0.2, -0.15) is 5.10 Å². The van der Waals surface area contributed by atoms with Crippen molar-refractivity contribution < 1.29 is 9.13 Å². The molecule has 180 valence electrons. The van der Waals surface area contributed by atoms with Gasteiger partial charge < -0.3 is 4.74 Å². The molecule has 2 atom stereocenters. The lowest BCUT2D eigenvalue weighted by molar-refractivity contribution is 0.00501. The van der Waals surface area contributed by atoms with E-state index in [-0.39, 0.29) is 28.3 Å². The summed E-state index contributed by atoms with van der Waals surface area (Å²) < 4.78 is 24.5. The Kier molecular flexibility index (Phi) is 5.45. The van der Waals surface area contributed by atoms with Crippen LogP contribution in [-0.4, -0.2) is 30.9 Å². The van der Waals surface area contributed by atoms with E-state index in [0.717, 1.165) is 24.1 Å². The van der Waals surface area contributed by atoms with E-state index in [9.17, 15) is 4.79 Å². The molecule has 0 unspecified atom stereocenters. The van der Waals surface area contributed by atoms with Gasteiger partial charge in [0.05, 0.1) is 35.4 Å². The average molecular weight is 494 g/mol. The van der Waals surface area contributed by atoms with Gasteiger partial charge in [-0.15, -0.1) is 0 Å². The van der Waals surface area contributed by atoms with Crippen molar-refractivity contribution in [3.05, 3.63) is 80.4 Å². The third kappa shape index (κ3) is 4.04. The fourth-order valence-electron chi connectivity index (χ4n) is 4.85. The number of ether oxygens (including phenoxy) is 1. The highest BCUT2D eigenvalue weighted by atomic mass is 35.5. The van der Waals surface area contributed by atoms with Crippen molar-refractivity contribution >= 4 is 22.8 Å². The second-order valence-corrected chi connectivity index (χ2v) is 9.94. The third-order valence-corrected chi connectivity index (χ3v) is 7.29. The van der Waals surface area contributed by atoms with Crippen LogP contribution in [0.5, 0.6) is 0 Å². The van der Waals surface area contributed by atoms with Gasteiger partial charge in [-0.1, -0.05) is 11.6 Å².